The molecule has 0 aliphatic heterocycles. The normalized spacial score (nSPS) is 14.0. The summed E-state index contributed by atoms with van der Waals surface area (Å²) in [6.07, 6.45) is 0.736. The number of methoxy groups -OCH3 is 1. The average molecular weight is 311 g/mol. The number of rotatable bonds is 7. The first-order valence-corrected chi connectivity index (χ1v) is 7.71. The average Bonchev–Trinajstić information content (AvgIpc) is 2.83. The largest absolute Gasteiger partial charge is 0.379 e. The standard InChI is InChI=1S/C15H29N5O2/c1-7-16-14(18-10-12(21-6)15(3,4)5)17-9-8-13-19-11(2)20-22-13/h12H,7-10H2,1-6H3,(H2,16,17,18). The van der Waals surface area contributed by atoms with E-state index in [0.717, 1.165) is 12.5 Å². The molecule has 0 fully saturated rings. The van der Waals surface area contributed by atoms with Gasteiger partial charge >= 0.3 is 0 Å². The number of aryl methyl sites for hydroxylation is 1. The van der Waals surface area contributed by atoms with Gasteiger partial charge in [-0.15, -0.1) is 0 Å². The van der Waals surface area contributed by atoms with Gasteiger partial charge < -0.3 is 19.9 Å². The van der Waals surface area contributed by atoms with Crippen LogP contribution in [0.3, 0.4) is 0 Å². The number of nitrogens with zero attached hydrogens (tertiary/aromatic N) is 3. The maximum absolute atomic E-state index is 5.52. The Labute approximate surface area is 132 Å². The Balaban J connectivity index is 2.51. The topological polar surface area (TPSA) is 84.6 Å². The molecule has 0 saturated carbocycles. The van der Waals surface area contributed by atoms with Crippen molar-refractivity contribution < 1.29 is 9.26 Å². The van der Waals surface area contributed by atoms with Gasteiger partial charge in [0.05, 0.1) is 12.6 Å². The molecule has 1 atom stereocenters. The van der Waals surface area contributed by atoms with E-state index in [1.54, 1.807) is 7.11 Å². The van der Waals surface area contributed by atoms with Crippen LogP contribution in [0, 0.1) is 12.3 Å². The Morgan fingerprint density at radius 3 is 2.59 bits per heavy atom. The Morgan fingerprint density at radius 1 is 1.36 bits per heavy atom. The van der Waals surface area contributed by atoms with E-state index in [-0.39, 0.29) is 11.5 Å². The van der Waals surface area contributed by atoms with Crippen LogP contribution < -0.4 is 10.6 Å². The molecule has 0 amide bonds. The third-order valence-electron chi connectivity index (χ3n) is 3.21. The maximum Gasteiger partial charge on any atom is 0.228 e. The first-order chi connectivity index (χ1) is 10.4. The van der Waals surface area contributed by atoms with Gasteiger partial charge in [0, 0.05) is 26.6 Å². The van der Waals surface area contributed by atoms with Crippen LogP contribution in [0.5, 0.6) is 0 Å². The highest BCUT2D eigenvalue weighted by Gasteiger charge is 2.24. The number of ether oxygens (including phenoxy) is 1. The van der Waals surface area contributed by atoms with Crippen LogP contribution in [0.4, 0.5) is 0 Å². The smallest absolute Gasteiger partial charge is 0.228 e. The summed E-state index contributed by atoms with van der Waals surface area (Å²) < 4.78 is 10.6. The fourth-order valence-electron chi connectivity index (χ4n) is 1.95. The van der Waals surface area contributed by atoms with E-state index >= 15 is 0 Å². The zero-order valence-electron chi connectivity index (χ0n) is 14.6. The van der Waals surface area contributed by atoms with Gasteiger partial charge in [-0.3, -0.25) is 4.99 Å². The molecule has 0 spiro atoms. The molecule has 0 aromatic carbocycles. The van der Waals surface area contributed by atoms with Crippen LogP contribution >= 0.6 is 0 Å². The molecule has 7 nitrogen and oxygen atoms in total. The highest BCUT2D eigenvalue weighted by molar-refractivity contribution is 5.79. The molecule has 0 bridgehead atoms. The highest BCUT2D eigenvalue weighted by Crippen LogP contribution is 2.21. The molecule has 2 N–H and O–H groups in total. The van der Waals surface area contributed by atoms with Gasteiger partial charge in [0.15, 0.2) is 11.8 Å². The number of nitrogens with one attached hydrogen (secondary N) is 2. The number of aromatic nitrogens is 2. The SMILES string of the molecule is CCNC(=NCC(OC)C(C)(C)C)NCCc1nc(C)no1. The van der Waals surface area contributed by atoms with Crippen molar-refractivity contribution in [1.29, 1.82) is 0 Å². The summed E-state index contributed by atoms with van der Waals surface area (Å²) in [6, 6.07) is 0. The molecule has 7 heteroatoms. The third kappa shape index (κ3) is 6.43. The molecule has 0 aliphatic rings. The van der Waals surface area contributed by atoms with Crippen LogP contribution in [0.2, 0.25) is 0 Å². The van der Waals surface area contributed by atoms with Crippen molar-refractivity contribution in [1.82, 2.24) is 20.8 Å². The molecule has 126 valence electrons. The van der Waals surface area contributed by atoms with E-state index in [1.807, 2.05) is 13.8 Å². The minimum absolute atomic E-state index is 0.0524. The highest BCUT2D eigenvalue weighted by atomic mass is 16.5. The second kappa shape index (κ2) is 8.73. The van der Waals surface area contributed by atoms with Crippen molar-refractivity contribution in [2.45, 2.75) is 47.1 Å². The van der Waals surface area contributed by atoms with Crippen LogP contribution in [0.15, 0.2) is 9.52 Å². The maximum atomic E-state index is 5.52. The third-order valence-corrected chi connectivity index (χ3v) is 3.21. The summed E-state index contributed by atoms with van der Waals surface area (Å²) in [4.78, 5) is 8.77. The van der Waals surface area contributed by atoms with Crippen molar-refractivity contribution >= 4 is 5.96 Å². The van der Waals surface area contributed by atoms with Crippen LogP contribution in [0.1, 0.15) is 39.4 Å². The molecule has 22 heavy (non-hydrogen) atoms. The molecule has 1 aromatic rings. The Hall–Kier alpha value is -1.63. The van der Waals surface area contributed by atoms with Crippen molar-refractivity contribution in [2.75, 3.05) is 26.7 Å². The summed E-state index contributed by atoms with van der Waals surface area (Å²) in [5.74, 6) is 2.05. The second-order valence-electron chi connectivity index (χ2n) is 6.22. The van der Waals surface area contributed by atoms with E-state index in [2.05, 4.69) is 46.5 Å². The summed E-state index contributed by atoms with van der Waals surface area (Å²) in [7, 11) is 1.73. The number of guanidine groups is 1. The van der Waals surface area contributed by atoms with E-state index in [1.165, 1.54) is 0 Å². The molecule has 0 saturated heterocycles. The Kier molecular flexibility index (Phi) is 7.31. The van der Waals surface area contributed by atoms with Crippen LogP contribution in [-0.4, -0.2) is 48.9 Å². The lowest BCUT2D eigenvalue weighted by molar-refractivity contribution is 0.0241. The monoisotopic (exact) mass is 311 g/mol. The van der Waals surface area contributed by atoms with E-state index in [9.17, 15) is 0 Å². The molecule has 1 aromatic heterocycles. The zero-order valence-corrected chi connectivity index (χ0v) is 14.6. The number of hydrogen-bond donors (Lipinski definition) is 2. The molecular formula is C15H29N5O2. The molecule has 1 unspecified atom stereocenters. The summed E-state index contributed by atoms with van der Waals surface area (Å²) in [5, 5.41) is 10.3. The lowest BCUT2D eigenvalue weighted by Gasteiger charge is -2.28. The summed E-state index contributed by atoms with van der Waals surface area (Å²) in [6.45, 7) is 12.4. The van der Waals surface area contributed by atoms with E-state index < -0.39 is 0 Å². The molecule has 0 radical (unpaired) electrons. The van der Waals surface area contributed by atoms with Gasteiger partial charge in [0.25, 0.3) is 0 Å². The lowest BCUT2D eigenvalue weighted by Crippen LogP contribution is -2.40. The van der Waals surface area contributed by atoms with E-state index in [4.69, 9.17) is 9.26 Å². The van der Waals surface area contributed by atoms with Crippen molar-refractivity contribution in [3.05, 3.63) is 11.7 Å². The van der Waals surface area contributed by atoms with Crippen LogP contribution in [-0.2, 0) is 11.2 Å². The Bertz CT molecular complexity index is 465. The first kappa shape index (κ1) is 18.4. The minimum Gasteiger partial charge on any atom is -0.379 e. The van der Waals surface area contributed by atoms with Crippen molar-refractivity contribution in [3.63, 3.8) is 0 Å². The minimum atomic E-state index is 0.0524. The van der Waals surface area contributed by atoms with Gasteiger partial charge in [-0.1, -0.05) is 25.9 Å². The summed E-state index contributed by atoms with van der Waals surface area (Å²) in [5.41, 5.74) is 0.0524. The number of aliphatic imine (C=N–C) groups is 1. The molecular weight excluding hydrogens is 282 g/mol. The fourth-order valence-corrected chi connectivity index (χ4v) is 1.95. The van der Waals surface area contributed by atoms with Gasteiger partial charge in [0.1, 0.15) is 0 Å². The molecule has 0 aliphatic carbocycles. The lowest BCUT2D eigenvalue weighted by atomic mass is 9.89. The quantitative estimate of drug-likeness (QED) is 0.587. The second-order valence-corrected chi connectivity index (χ2v) is 6.22. The molecule has 1 heterocycles. The van der Waals surface area contributed by atoms with Gasteiger partial charge in [0.2, 0.25) is 5.89 Å². The van der Waals surface area contributed by atoms with Gasteiger partial charge in [-0.05, 0) is 19.3 Å². The Morgan fingerprint density at radius 2 is 2.09 bits per heavy atom. The fraction of sp³-hybridized carbons (Fsp3) is 0.800. The van der Waals surface area contributed by atoms with E-state index in [0.29, 0.717) is 31.2 Å². The van der Waals surface area contributed by atoms with Crippen molar-refractivity contribution in [2.24, 2.45) is 10.4 Å². The summed E-state index contributed by atoms with van der Waals surface area (Å²) >= 11 is 0. The van der Waals surface area contributed by atoms with Crippen molar-refractivity contribution in [3.8, 4) is 0 Å². The molecule has 1 rings (SSSR count). The van der Waals surface area contributed by atoms with Gasteiger partial charge in [-0.2, -0.15) is 4.98 Å². The van der Waals surface area contributed by atoms with Crippen LogP contribution in [0.25, 0.3) is 0 Å². The van der Waals surface area contributed by atoms with Gasteiger partial charge in [-0.25, -0.2) is 0 Å². The first-order valence-electron chi connectivity index (χ1n) is 7.71. The predicted molar refractivity (Wildman–Crippen MR) is 87.0 cm³/mol. The zero-order chi connectivity index (χ0) is 16.6. The predicted octanol–water partition coefficient (Wildman–Crippen LogP) is 1.54. The number of hydrogen-bond acceptors (Lipinski definition) is 5.